The maximum Gasteiger partial charge on any atom is 0.132 e. The largest absolute Gasteiger partial charge is 0.457 e. The van der Waals surface area contributed by atoms with E-state index < -0.39 is 5.41 Å². The fourth-order valence-electron chi connectivity index (χ4n) is 11.6. The second kappa shape index (κ2) is 14.2. The smallest absolute Gasteiger partial charge is 0.132 e. The number of para-hydroxylation sites is 2. The lowest BCUT2D eigenvalue weighted by Gasteiger charge is -2.39. The number of fused-ring (bicyclic) bond motifs is 15. The van der Waals surface area contributed by atoms with Crippen molar-refractivity contribution in [3.63, 3.8) is 0 Å². The van der Waals surface area contributed by atoms with E-state index in [1.807, 2.05) is 0 Å². The Bertz CT molecular complexity index is 3840. The van der Waals surface area contributed by atoms with Gasteiger partial charge in [-0.15, -0.1) is 0 Å². The van der Waals surface area contributed by atoms with Crippen LogP contribution in [0.2, 0.25) is 0 Å². The molecule has 306 valence electrons. The summed E-state index contributed by atoms with van der Waals surface area (Å²) < 4.78 is 6.71. The Hall–Kier alpha value is -8.59. The van der Waals surface area contributed by atoms with Gasteiger partial charge in [-0.2, -0.15) is 0 Å². The molecule has 0 radical (unpaired) electrons. The van der Waals surface area contributed by atoms with E-state index in [0.717, 1.165) is 55.7 Å². The first kappa shape index (κ1) is 36.8. The number of hydrogen-bond donors (Lipinski definition) is 0. The van der Waals surface area contributed by atoms with Crippen molar-refractivity contribution >= 4 is 43.2 Å². The van der Waals surface area contributed by atoms with Gasteiger partial charge in [0.25, 0.3) is 0 Å². The van der Waals surface area contributed by atoms with Crippen molar-refractivity contribution in [2.24, 2.45) is 0 Å². The first-order chi connectivity index (χ1) is 32.8. The van der Waals surface area contributed by atoms with Crippen molar-refractivity contribution in [1.29, 1.82) is 0 Å². The highest BCUT2D eigenvalue weighted by Gasteiger charge is 2.51. The summed E-state index contributed by atoms with van der Waals surface area (Å²) in [4.78, 5) is 5.55. The Morgan fingerprint density at radius 2 is 0.788 bits per heavy atom. The van der Waals surface area contributed by atoms with Crippen LogP contribution < -0.4 is 4.74 Å². The number of rotatable bonds is 4. The van der Waals surface area contributed by atoms with Crippen LogP contribution in [0.4, 0.5) is 0 Å². The molecule has 66 heavy (non-hydrogen) atoms. The monoisotopic (exact) mass is 837 g/mol. The summed E-state index contributed by atoms with van der Waals surface area (Å²) >= 11 is 0. The average Bonchev–Trinajstić information content (AvgIpc) is 3.68. The maximum absolute atomic E-state index is 6.71. The molecule has 0 bridgehead atoms. The van der Waals surface area contributed by atoms with Gasteiger partial charge in [-0.3, -0.25) is 0 Å². The molecule has 0 N–H and O–H groups in total. The van der Waals surface area contributed by atoms with Crippen LogP contribution in [-0.4, -0.2) is 4.98 Å². The number of hydrogen-bond acceptors (Lipinski definition) is 2. The predicted molar refractivity (Wildman–Crippen MR) is 273 cm³/mol. The third-order valence-corrected chi connectivity index (χ3v) is 14.3. The number of ether oxygens (including phenoxy) is 1. The molecule has 2 heteroatoms. The van der Waals surface area contributed by atoms with E-state index in [9.17, 15) is 0 Å². The molecular weight excluding hydrogens is 799 g/mol. The van der Waals surface area contributed by atoms with Crippen LogP contribution in [0.1, 0.15) is 22.3 Å². The molecule has 11 aromatic carbocycles. The Morgan fingerprint density at radius 1 is 0.303 bits per heavy atom. The van der Waals surface area contributed by atoms with Gasteiger partial charge in [-0.05, 0) is 101 Å². The van der Waals surface area contributed by atoms with Gasteiger partial charge in [0.15, 0.2) is 0 Å². The van der Waals surface area contributed by atoms with Crippen LogP contribution in [0.25, 0.3) is 99.0 Å². The van der Waals surface area contributed by atoms with Crippen molar-refractivity contribution < 1.29 is 4.74 Å². The molecular formula is C64H39NO. The predicted octanol–water partition coefficient (Wildman–Crippen LogP) is 16.8. The van der Waals surface area contributed by atoms with Gasteiger partial charge in [-0.25, -0.2) is 4.98 Å². The molecule has 2 nitrogen and oxygen atoms in total. The lowest BCUT2D eigenvalue weighted by Crippen LogP contribution is -2.32. The Morgan fingerprint density at radius 3 is 1.42 bits per heavy atom. The zero-order valence-electron chi connectivity index (χ0n) is 35.9. The van der Waals surface area contributed by atoms with E-state index in [2.05, 4.69) is 237 Å². The van der Waals surface area contributed by atoms with Gasteiger partial charge >= 0.3 is 0 Å². The quantitative estimate of drug-likeness (QED) is 0.130. The van der Waals surface area contributed by atoms with Gasteiger partial charge in [0.2, 0.25) is 0 Å². The normalized spacial score (nSPS) is 13.1. The molecule has 12 aromatic rings. The van der Waals surface area contributed by atoms with Crippen molar-refractivity contribution in [2.45, 2.75) is 5.41 Å². The topological polar surface area (TPSA) is 22.1 Å². The first-order valence-corrected chi connectivity index (χ1v) is 22.8. The minimum absolute atomic E-state index is 0.590. The highest BCUT2D eigenvalue weighted by molar-refractivity contribution is 6.24. The molecule has 0 saturated carbocycles. The minimum Gasteiger partial charge on any atom is -0.457 e. The summed E-state index contributed by atoms with van der Waals surface area (Å²) in [5.41, 5.74) is 17.1. The molecule has 2 heterocycles. The molecule has 0 unspecified atom stereocenters. The second-order valence-corrected chi connectivity index (χ2v) is 17.6. The van der Waals surface area contributed by atoms with E-state index in [-0.39, 0.29) is 0 Å². The van der Waals surface area contributed by atoms with E-state index in [1.54, 1.807) is 0 Å². The van der Waals surface area contributed by atoms with E-state index in [1.165, 1.54) is 77.0 Å². The summed E-state index contributed by atoms with van der Waals surface area (Å²) in [5.74, 6) is 1.78. The summed E-state index contributed by atoms with van der Waals surface area (Å²) in [6.07, 6.45) is 0. The van der Waals surface area contributed by atoms with Gasteiger partial charge in [0, 0.05) is 32.8 Å². The van der Waals surface area contributed by atoms with Gasteiger partial charge in [0.1, 0.15) is 11.5 Å². The van der Waals surface area contributed by atoms with Crippen LogP contribution >= 0.6 is 0 Å². The third kappa shape index (κ3) is 5.15. The van der Waals surface area contributed by atoms with Gasteiger partial charge in [0.05, 0.1) is 16.6 Å². The summed E-state index contributed by atoms with van der Waals surface area (Å²) in [6.45, 7) is 0. The number of nitrogens with zero attached hydrogens (tertiary/aromatic N) is 1. The zero-order chi connectivity index (χ0) is 43.3. The average molecular weight is 838 g/mol. The molecule has 1 aromatic heterocycles. The highest BCUT2D eigenvalue weighted by Crippen LogP contribution is 2.63. The fourth-order valence-corrected chi connectivity index (χ4v) is 11.6. The summed E-state index contributed by atoms with van der Waals surface area (Å²) in [6, 6.07) is 86.3. The standard InChI is InChI=1S/C64H39NO/c1-3-17-40(18-4-1)41-31-33-42(34-32-41)59-45-21-7-9-23-47(45)60(48-24-10-8-22-46(48)59)44-35-38-56-51(39-44)61-50(63(65-56)43-19-5-2-6-20-43)36-37-55-62(61)49-25-11-12-26-52(49)64(55)53-27-13-15-29-57(53)66-58-30-16-14-28-54(58)64/h1-39H. The summed E-state index contributed by atoms with van der Waals surface area (Å²) in [7, 11) is 0. The molecule has 1 aliphatic carbocycles. The van der Waals surface area contributed by atoms with E-state index in [4.69, 9.17) is 9.72 Å². The fraction of sp³-hybridized carbons (Fsp3) is 0.0156. The number of aromatic nitrogens is 1. The summed E-state index contributed by atoms with van der Waals surface area (Å²) in [5, 5.41) is 8.39. The van der Waals surface area contributed by atoms with Gasteiger partial charge < -0.3 is 4.74 Å². The van der Waals surface area contributed by atoms with Crippen molar-refractivity contribution in [1.82, 2.24) is 4.98 Å². The Kier molecular flexibility index (Phi) is 7.93. The number of pyridine rings is 1. The van der Waals surface area contributed by atoms with Crippen molar-refractivity contribution in [2.75, 3.05) is 0 Å². The minimum atomic E-state index is -0.590. The molecule has 14 rings (SSSR count). The SMILES string of the molecule is c1ccc(-c2ccc(-c3c4ccccc4c(-c4ccc5nc(-c6ccccc6)c6ccc7c(c6c5c4)-c4ccccc4C74c5ccccc5Oc5ccccc54)c4ccccc34)cc2)cc1. The van der Waals surface area contributed by atoms with Crippen molar-refractivity contribution in [3.8, 4) is 67.3 Å². The first-order valence-electron chi connectivity index (χ1n) is 22.8. The Labute approximate surface area is 382 Å². The molecule has 0 atom stereocenters. The lowest BCUT2D eigenvalue weighted by atomic mass is 9.66. The second-order valence-electron chi connectivity index (χ2n) is 17.6. The zero-order valence-corrected chi connectivity index (χ0v) is 35.9. The third-order valence-electron chi connectivity index (χ3n) is 14.3. The molecule has 0 amide bonds. The molecule has 2 aliphatic rings. The molecule has 1 spiro atoms. The van der Waals surface area contributed by atoms with Crippen LogP contribution in [0, 0.1) is 0 Å². The van der Waals surface area contributed by atoms with Crippen LogP contribution in [0.3, 0.4) is 0 Å². The Balaban J connectivity index is 1.08. The van der Waals surface area contributed by atoms with E-state index >= 15 is 0 Å². The van der Waals surface area contributed by atoms with Crippen LogP contribution in [-0.2, 0) is 5.41 Å². The highest BCUT2D eigenvalue weighted by atomic mass is 16.5. The van der Waals surface area contributed by atoms with Crippen LogP contribution in [0.5, 0.6) is 11.5 Å². The molecule has 1 aliphatic heterocycles. The lowest BCUT2D eigenvalue weighted by molar-refractivity contribution is 0.436. The number of benzene rings is 11. The van der Waals surface area contributed by atoms with Gasteiger partial charge in [-0.1, -0.05) is 212 Å². The van der Waals surface area contributed by atoms with E-state index in [0.29, 0.717) is 0 Å². The molecule has 0 saturated heterocycles. The maximum atomic E-state index is 6.71. The van der Waals surface area contributed by atoms with Crippen LogP contribution in [0.15, 0.2) is 237 Å². The molecule has 0 fully saturated rings. The van der Waals surface area contributed by atoms with Crippen molar-refractivity contribution in [3.05, 3.63) is 259 Å².